The van der Waals surface area contributed by atoms with Gasteiger partial charge in [-0.05, 0) is 23.3 Å². The molecule has 2 N–H and O–H groups in total. The van der Waals surface area contributed by atoms with Crippen LogP contribution in [0.3, 0.4) is 0 Å². The molecule has 1 fully saturated rings. The molecule has 172 valence electrons. The molecule has 0 radical (unpaired) electrons. The first-order valence-corrected chi connectivity index (χ1v) is 12.3. The summed E-state index contributed by atoms with van der Waals surface area (Å²) in [5.74, 6) is -0.134. The van der Waals surface area contributed by atoms with Gasteiger partial charge in [0, 0.05) is 42.7 Å². The van der Waals surface area contributed by atoms with E-state index in [9.17, 15) is 19.1 Å². The topological polar surface area (TPSA) is 96.3 Å². The Labute approximate surface area is 192 Å². The van der Waals surface area contributed by atoms with Crippen molar-refractivity contribution in [1.82, 2.24) is 0 Å². The van der Waals surface area contributed by atoms with Gasteiger partial charge in [0.2, 0.25) is 0 Å². The van der Waals surface area contributed by atoms with Crippen LogP contribution in [0.5, 0.6) is 5.75 Å². The summed E-state index contributed by atoms with van der Waals surface area (Å²) in [5.41, 5.74) is 3.53. The lowest BCUT2D eigenvalue weighted by Gasteiger charge is -2.31. The van der Waals surface area contributed by atoms with Gasteiger partial charge in [-0.3, -0.25) is 14.6 Å². The molecule has 0 atom stereocenters. The summed E-state index contributed by atoms with van der Waals surface area (Å²) in [6.07, 6.45) is 0.576. The summed E-state index contributed by atoms with van der Waals surface area (Å²) in [7, 11) is -4.83. The molecule has 0 aliphatic carbocycles. The zero-order valence-electron chi connectivity index (χ0n) is 18.1. The number of Topliss-reactive ketones (excluding diaryl/α,β-unsaturated/α-hetero) is 1. The zero-order chi connectivity index (χ0) is 23.3. The number of ether oxygens (including phenoxy) is 1. The summed E-state index contributed by atoms with van der Waals surface area (Å²) < 4.78 is 22.3. The van der Waals surface area contributed by atoms with Crippen molar-refractivity contribution in [2.24, 2.45) is 0 Å². The average molecular weight is 467 g/mol. The lowest BCUT2D eigenvalue weighted by atomic mass is 9.96. The normalized spacial score (nSPS) is 14.2. The second-order valence-electron chi connectivity index (χ2n) is 7.91. The molecule has 1 heterocycles. The highest BCUT2D eigenvalue weighted by Crippen LogP contribution is 2.42. The second-order valence-corrected chi connectivity index (χ2v) is 9.07. The fourth-order valence-electron chi connectivity index (χ4n) is 3.94. The van der Waals surface area contributed by atoms with Gasteiger partial charge in [-0.2, -0.15) is 0 Å². The van der Waals surface area contributed by atoms with E-state index in [0.29, 0.717) is 43.9 Å². The van der Waals surface area contributed by atoms with E-state index >= 15 is 0 Å². The molecule has 3 aromatic carbocycles. The summed E-state index contributed by atoms with van der Waals surface area (Å²) >= 11 is 0. The minimum Gasteiger partial charge on any atom is -0.404 e. The van der Waals surface area contributed by atoms with Gasteiger partial charge in [0.1, 0.15) is 5.75 Å². The number of nitrogens with zero attached hydrogens (tertiary/aromatic N) is 1. The Morgan fingerprint density at radius 1 is 0.939 bits per heavy atom. The van der Waals surface area contributed by atoms with E-state index in [1.54, 1.807) is 0 Å². The molecular formula is C25H26NO6P. The van der Waals surface area contributed by atoms with Gasteiger partial charge < -0.3 is 14.2 Å². The first kappa shape index (κ1) is 23.2. The monoisotopic (exact) mass is 467 g/mol. The molecule has 0 bridgehead atoms. The third kappa shape index (κ3) is 6.30. The van der Waals surface area contributed by atoms with Crippen LogP contribution in [0.2, 0.25) is 0 Å². The molecule has 3 aromatic rings. The summed E-state index contributed by atoms with van der Waals surface area (Å²) in [5, 5.41) is 0. The lowest BCUT2D eigenvalue weighted by Crippen LogP contribution is -2.37. The van der Waals surface area contributed by atoms with Crippen molar-refractivity contribution in [2.45, 2.75) is 12.8 Å². The fourth-order valence-corrected chi connectivity index (χ4v) is 4.37. The van der Waals surface area contributed by atoms with Gasteiger partial charge in [0.25, 0.3) is 0 Å². The molecule has 1 saturated heterocycles. The third-order valence-electron chi connectivity index (χ3n) is 5.49. The van der Waals surface area contributed by atoms with Crippen molar-refractivity contribution in [1.29, 1.82) is 0 Å². The Morgan fingerprint density at radius 3 is 2.15 bits per heavy atom. The molecule has 7 nitrogen and oxygen atoms in total. The highest BCUT2D eigenvalue weighted by atomic mass is 31.2. The number of rotatable bonds is 8. The molecule has 0 amide bonds. The number of phosphoric acid groups is 1. The highest BCUT2D eigenvalue weighted by Gasteiger charge is 2.25. The molecule has 1 aliphatic rings. The van der Waals surface area contributed by atoms with E-state index in [2.05, 4.69) is 4.90 Å². The molecule has 33 heavy (non-hydrogen) atoms. The van der Waals surface area contributed by atoms with Crippen LogP contribution in [-0.2, 0) is 22.1 Å². The number of ketones is 1. The van der Waals surface area contributed by atoms with E-state index < -0.39 is 7.82 Å². The molecule has 0 aromatic heterocycles. The molecule has 8 heteroatoms. The molecular weight excluding hydrogens is 441 g/mol. The van der Waals surface area contributed by atoms with Crippen LogP contribution in [-0.4, -0.2) is 41.9 Å². The van der Waals surface area contributed by atoms with Gasteiger partial charge in [-0.25, -0.2) is 4.57 Å². The van der Waals surface area contributed by atoms with Gasteiger partial charge >= 0.3 is 7.82 Å². The fraction of sp³-hybridized carbons (Fsp3) is 0.240. The van der Waals surface area contributed by atoms with Gasteiger partial charge in [-0.15, -0.1) is 0 Å². The maximum absolute atomic E-state index is 13.4. The first-order chi connectivity index (χ1) is 15.9. The van der Waals surface area contributed by atoms with Crippen LogP contribution >= 0.6 is 7.82 Å². The molecule has 1 aliphatic heterocycles. The predicted molar refractivity (Wildman–Crippen MR) is 126 cm³/mol. The number of hydrogen-bond donors (Lipinski definition) is 2. The van der Waals surface area contributed by atoms with E-state index in [1.165, 1.54) is 6.07 Å². The van der Waals surface area contributed by atoms with Crippen LogP contribution < -0.4 is 9.42 Å². The van der Waals surface area contributed by atoms with Crippen LogP contribution in [0.25, 0.3) is 0 Å². The average Bonchev–Trinajstić information content (AvgIpc) is 2.81. The maximum Gasteiger partial charge on any atom is 0.524 e. The smallest absolute Gasteiger partial charge is 0.404 e. The summed E-state index contributed by atoms with van der Waals surface area (Å²) in [4.78, 5) is 34.5. The Morgan fingerprint density at radius 2 is 1.55 bits per heavy atom. The molecule has 0 spiro atoms. The van der Waals surface area contributed by atoms with E-state index in [0.717, 1.165) is 16.8 Å². The Balaban J connectivity index is 1.79. The number of hydrogen-bond acceptors (Lipinski definition) is 5. The Bertz CT molecular complexity index is 1140. The third-order valence-corrected chi connectivity index (χ3v) is 5.93. The van der Waals surface area contributed by atoms with Crippen molar-refractivity contribution in [3.63, 3.8) is 0 Å². The molecule has 0 unspecified atom stereocenters. The van der Waals surface area contributed by atoms with Crippen LogP contribution in [0.15, 0.2) is 72.8 Å². The lowest BCUT2D eigenvalue weighted by molar-refractivity contribution is 0.0990. The summed E-state index contributed by atoms with van der Waals surface area (Å²) in [6.45, 7) is 2.33. The van der Waals surface area contributed by atoms with Gasteiger partial charge in [0.15, 0.2) is 5.78 Å². The summed E-state index contributed by atoms with van der Waals surface area (Å²) in [6, 6.07) is 22.3. The van der Waals surface area contributed by atoms with Crippen LogP contribution in [0.4, 0.5) is 5.69 Å². The second kappa shape index (κ2) is 10.3. The largest absolute Gasteiger partial charge is 0.524 e. The van der Waals surface area contributed by atoms with E-state index in [-0.39, 0.29) is 18.0 Å². The zero-order valence-corrected chi connectivity index (χ0v) is 19.0. The minimum atomic E-state index is -4.83. The number of carbonyl (C=O) groups is 1. The Hall–Kier alpha value is -2.96. The maximum atomic E-state index is 13.4. The van der Waals surface area contributed by atoms with E-state index in [1.807, 2.05) is 66.7 Å². The number of anilines is 1. The first-order valence-electron chi connectivity index (χ1n) is 10.7. The number of benzene rings is 3. The SMILES string of the molecule is O=C(Cc1ccccc1)c1cc(OP(=O)(O)O)c(Cc2ccccc2)cc1N1CCOCC1. The number of phosphoric ester groups is 1. The van der Waals surface area contributed by atoms with Crippen molar-refractivity contribution < 1.29 is 28.4 Å². The van der Waals surface area contributed by atoms with Crippen molar-refractivity contribution in [2.75, 3.05) is 31.2 Å². The van der Waals surface area contributed by atoms with Crippen molar-refractivity contribution in [3.05, 3.63) is 95.1 Å². The van der Waals surface area contributed by atoms with Crippen LogP contribution in [0.1, 0.15) is 27.0 Å². The van der Waals surface area contributed by atoms with Crippen molar-refractivity contribution >= 4 is 19.3 Å². The Kier molecular flexibility index (Phi) is 7.26. The highest BCUT2D eigenvalue weighted by molar-refractivity contribution is 7.46. The standard InChI is InChI=1S/C25H26NO6P/c27-24(16-20-9-5-2-6-10-20)22-18-25(32-33(28,29)30)21(15-19-7-3-1-4-8-19)17-23(22)26-11-13-31-14-12-26/h1-10,17-18H,11-16H2,(H2,28,29,30). The molecule has 0 saturated carbocycles. The molecule has 4 rings (SSSR count). The quantitative estimate of drug-likeness (QED) is 0.382. The number of morpholine rings is 1. The van der Waals surface area contributed by atoms with E-state index in [4.69, 9.17) is 9.26 Å². The van der Waals surface area contributed by atoms with Gasteiger partial charge in [-0.1, -0.05) is 60.7 Å². The van der Waals surface area contributed by atoms with Crippen LogP contribution in [0, 0.1) is 0 Å². The number of carbonyl (C=O) groups excluding carboxylic acids is 1. The van der Waals surface area contributed by atoms with Crippen molar-refractivity contribution in [3.8, 4) is 5.75 Å². The minimum absolute atomic E-state index is 0.0145. The predicted octanol–water partition coefficient (Wildman–Crippen LogP) is 4.01. The van der Waals surface area contributed by atoms with Gasteiger partial charge in [0.05, 0.1) is 13.2 Å².